The molecule has 1 aliphatic heterocycles. The van der Waals surface area contributed by atoms with Crippen LogP contribution in [0.3, 0.4) is 0 Å². The fraction of sp³-hybridized carbons (Fsp3) is 0.188. The number of fused-ring (bicyclic) bond motifs is 1. The Morgan fingerprint density at radius 3 is 2.65 bits per heavy atom. The first-order valence-electron chi connectivity index (χ1n) is 6.47. The zero-order chi connectivity index (χ0) is 13.9. The van der Waals surface area contributed by atoms with Crippen LogP contribution in [0.2, 0.25) is 0 Å². The third-order valence-corrected chi connectivity index (χ3v) is 4.18. The molecule has 102 valence electrons. The van der Waals surface area contributed by atoms with Gasteiger partial charge in [0.05, 0.1) is 17.1 Å². The monoisotopic (exact) mass is 286 g/mol. The van der Waals surface area contributed by atoms with Gasteiger partial charge in [-0.05, 0) is 31.2 Å². The lowest BCUT2D eigenvalue weighted by molar-refractivity contribution is 0.0526. The molecule has 1 heterocycles. The van der Waals surface area contributed by atoms with Crippen LogP contribution in [0.4, 0.5) is 0 Å². The number of thioether (sulfide) groups is 1. The molecular weight excluding hydrogens is 272 g/mol. The normalized spacial score (nSPS) is 16.4. The summed E-state index contributed by atoms with van der Waals surface area (Å²) in [6.07, 6.45) is 0. The lowest BCUT2D eigenvalue weighted by Crippen LogP contribution is -2.05. The minimum absolute atomic E-state index is 0.0522. The van der Waals surface area contributed by atoms with Gasteiger partial charge in [-0.2, -0.15) is 0 Å². The van der Waals surface area contributed by atoms with E-state index >= 15 is 0 Å². The van der Waals surface area contributed by atoms with Crippen molar-refractivity contribution in [2.75, 3.05) is 6.61 Å². The smallest absolute Gasteiger partial charge is 0.338 e. The van der Waals surface area contributed by atoms with E-state index in [0.717, 1.165) is 16.2 Å². The van der Waals surface area contributed by atoms with Gasteiger partial charge in [-0.1, -0.05) is 36.0 Å². The van der Waals surface area contributed by atoms with Crippen molar-refractivity contribution in [2.24, 2.45) is 0 Å². The van der Waals surface area contributed by atoms with Crippen LogP contribution in [-0.4, -0.2) is 12.6 Å². The maximum atomic E-state index is 11.6. The molecule has 0 aliphatic carbocycles. The maximum absolute atomic E-state index is 11.6. The van der Waals surface area contributed by atoms with E-state index in [2.05, 4.69) is 0 Å². The SMILES string of the molecule is CCOC(=O)c1ccc(C2Oc3ccccc3S2)cc1. The number of hydrogen-bond donors (Lipinski definition) is 0. The van der Waals surface area contributed by atoms with Gasteiger partial charge in [0.25, 0.3) is 0 Å². The van der Waals surface area contributed by atoms with Crippen molar-refractivity contribution in [3.63, 3.8) is 0 Å². The van der Waals surface area contributed by atoms with Gasteiger partial charge in [0.15, 0.2) is 5.44 Å². The second kappa shape index (κ2) is 5.59. The van der Waals surface area contributed by atoms with Crippen molar-refractivity contribution in [1.29, 1.82) is 0 Å². The molecule has 20 heavy (non-hydrogen) atoms. The summed E-state index contributed by atoms with van der Waals surface area (Å²) in [6.45, 7) is 2.18. The summed E-state index contributed by atoms with van der Waals surface area (Å²) >= 11 is 1.68. The van der Waals surface area contributed by atoms with Crippen LogP contribution in [0.5, 0.6) is 5.75 Å². The standard InChI is InChI=1S/C16H14O3S/c1-2-18-15(17)11-7-9-12(10-8-11)16-19-13-5-3-4-6-14(13)20-16/h3-10,16H,2H2,1H3. The summed E-state index contributed by atoms with van der Waals surface area (Å²) in [5, 5.41) is 0. The van der Waals surface area contributed by atoms with Gasteiger partial charge >= 0.3 is 5.97 Å². The minimum atomic E-state index is -0.290. The second-order valence-corrected chi connectivity index (χ2v) is 5.46. The van der Waals surface area contributed by atoms with E-state index in [4.69, 9.17) is 9.47 Å². The number of rotatable bonds is 3. The summed E-state index contributed by atoms with van der Waals surface area (Å²) < 4.78 is 10.9. The first kappa shape index (κ1) is 13.1. The van der Waals surface area contributed by atoms with Gasteiger partial charge in [-0.15, -0.1) is 0 Å². The van der Waals surface area contributed by atoms with Crippen molar-refractivity contribution in [1.82, 2.24) is 0 Å². The van der Waals surface area contributed by atoms with E-state index < -0.39 is 0 Å². The fourth-order valence-corrected chi connectivity index (χ4v) is 3.09. The van der Waals surface area contributed by atoms with E-state index in [-0.39, 0.29) is 11.4 Å². The van der Waals surface area contributed by atoms with Crippen LogP contribution in [0.15, 0.2) is 53.4 Å². The van der Waals surface area contributed by atoms with Crippen LogP contribution < -0.4 is 4.74 Å². The zero-order valence-electron chi connectivity index (χ0n) is 11.0. The highest BCUT2D eigenvalue weighted by atomic mass is 32.2. The molecule has 3 nitrogen and oxygen atoms in total. The molecule has 0 spiro atoms. The van der Waals surface area contributed by atoms with Crippen LogP contribution in [0, 0.1) is 0 Å². The minimum Gasteiger partial charge on any atom is -0.473 e. The number of para-hydroxylation sites is 1. The molecule has 2 aromatic rings. The Morgan fingerprint density at radius 2 is 1.95 bits per heavy atom. The molecule has 4 heteroatoms. The van der Waals surface area contributed by atoms with E-state index in [1.54, 1.807) is 30.8 Å². The molecule has 0 bridgehead atoms. The molecule has 0 saturated carbocycles. The van der Waals surface area contributed by atoms with Crippen LogP contribution >= 0.6 is 11.8 Å². The molecule has 1 unspecified atom stereocenters. The van der Waals surface area contributed by atoms with E-state index in [0.29, 0.717) is 12.2 Å². The first-order chi connectivity index (χ1) is 9.78. The average molecular weight is 286 g/mol. The molecule has 0 amide bonds. The Hall–Kier alpha value is -1.94. The Morgan fingerprint density at radius 1 is 1.20 bits per heavy atom. The quantitative estimate of drug-likeness (QED) is 0.798. The predicted molar refractivity (Wildman–Crippen MR) is 78.1 cm³/mol. The van der Waals surface area contributed by atoms with Crippen molar-refractivity contribution in [3.05, 3.63) is 59.7 Å². The summed E-state index contributed by atoms with van der Waals surface area (Å²) in [5.41, 5.74) is 1.55. The van der Waals surface area contributed by atoms with Crippen molar-refractivity contribution < 1.29 is 14.3 Å². The Kier molecular flexibility index (Phi) is 3.65. The summed E-state index contributed by atoms with van der Waals surface area (Å²) in [7, 11) is 0. The molecule has 1 aliphatic rings. The van der Waals surface area contributed by atoms with Crippen molar-refractivity contribution >= 4 is 17.7 Å². The van der Waals surface area contributed by atoms with Crippen LogP contribution in [-0.2, 0) is 4.74 Å². The number of ether oxygens (including phenoxy) is 2. The molecule has 0 N–H and O–H groups in total. The lowest BCUT2D eigenvalue weighted by Gasteiger charge is -2.10. The zero-order valence-corrected chi connectivity index (χ0v) is 11.9. The molecule has 1 atom stereocenters. The van der Waals surface area contributed by atoms with Crippen LogP contribution in [0.25, 0.3) is 0 Å². The number of carbonyl (C=O) groups excluding carboxylic acids is 1. The Bertz CT molecular complexity index is 597. The Labute approximate surface area is 121 Å². The maximum Gasteiger partial charge on any atom is 0.338 e. The molecule has 0 fully saturated rings. The van der Waals surface area contributed by atoms with Crippen molar-refractivity contribution in [3.8, 4) is 5.75 Å². The Balaban J connectivity index is 1.75. The summed E-state index contributed by atoms with van der Waals surface area (Å²) in [4.78, 5) is 12.7. The highest BCUT2D eigenvalue weighted by molar-refractivity contribution is 7.99. The summed E-state index contributed by atoms with van der Waals surface area (Å²) in [5.74, 6) is 0.624. The first-order valence-corrected chi connectivity index (χ1v) is 7.35. The van der Waals surface area contributed by atoms with Gasteiger partial charge in [0.1, 0.15) is 5.75 Å². The van der Waals surface area contributed by atoms with Gasteiger partial charge < -0.3 is 9.47 Å². The molecule has 0 radical (unpaired) electrons. The van der Waals surface area contributed by atoms with Gasteiger partial charge in [0.2, 0.25) is 0 Å². The molecule has 2 aromatic carbocycles. The second-order valence-electron chi connectivity index (χ2n) is 4.36. The van der Waals surface area contributed by atoms with Gasteiger partial charge in [0, 0.05) is 5.56 Å². The molecule has 3 rings (SSSR count). The number of esters is 1. The number of benzene rings is 2. The largest absolute Gasteiger partial charge is 0.473 e. The van der Waals surface area contributed by atoms with Gasteiger partial charge in [-0.3, -0.25) is 0 Å². The lowest BCUT2D eigenvalue weighted by atomic mass is 10.1. The van der Waals surface area contributed by atoms with E-state index in [1.165, 1.54) is 0 Å². The molecule has 0 saturated heterocycles. The average Bonchev–Trinajstić information content (AvgIpc) is 2.91. The van der Waals surface area contributed by atoms with Crippen molar-refractivity contribution in [2.45, 2.75) is 17.3 Å². The number of carbonyl (C=O) groups is 1. The molecular formula is C16H14O3S. The summed E-state index contributed by atoms with van der Waals surface area (Å²) in [6, 6.07) is 15.4. The molecule has 0 aromatic heterocycles. The van der Waals surface area contributed by atoms with Gasteiger partial charge in [-0.25, -0.2) is 4.79 Å². The third-order valence-electron chi connectivity index (χ3n) is 3.01. The topological polar surface area (TPSA) is 35.5 Å². The fourth-order valence-electron chi connectivity index (χ4n) is 2.03. The predicted octanol–water partition coefficient (Wildman–Crippen LogP) is 4.05. The highest BCUT2D eigenvalue weighted by Gasteiger charge is 2.24. The van der Waals surface area contributed by atoms with E-state index in [9.17, 15) is 4.79 Å². The third kappa shape index (κ3) is 2.51. The van der Waals surface area contributed by atoms with E-state index in [1.807, 2.05) is 36.4 Å². The van der Waals surface area contributed by atoms with Crippen LogP contribution in [0.1, 0.15) is 28.3 Å². The number of hydrogen-bond acceptors (Lipinski definition) is 4. The highest BCUT2D eigenvalue weighted by Crippen LogP contribution is 2.48.